The number of amides is 1. The van der Waals surface area contributed by atoms with Gasteiger partial charge in [0.2, 0.25) is 5.91 Å². The topological polar surface area (TPSA) is 64.3 Å². The van der Waals surface area contributed by atoms with Crippen molar-refractivity contribution in [1.29, 1.82) is 0 Å². The van der Waals surface area contributed by atoms with Crippen molar-refractivity contribution >= 4 is 46.0 Å². The smallest absolute Gasteiger partial charge is 0.229 e. The maximum absolute atomic E-state index is 12.5. The zero-order chi connectivity index (χ0) is 24.2. The van der Waals surface area contributed by atoms with Crippen LogP contribution in [-0.2, 0) is 17.8 Å². The second-order valence-corrected chi connectivity index (χ2v) is 10.3. The van der Waals surface area contributed by atoms with Crippen molar-refractivity contribution in [1.82, 2.24) is 20.0 Å². The van der Waals surface area contributed by atoms with Gasteiger partial charge in [-0.15, -0.1) is 11.3 Å². The summed E-state index contributed by atoms with van der Waals surface area (Å²) in [6.45, 7) is 7.53. The van der Waals surface area contributed by atoms with E-state index in [1.807, 2.05) is 42.6 Å². The Labute approximate surface area is 210 Å². The fraction of sp³-hybridized carbons (Fsp3) is 0.286. The Balaban J connectivity index is 1.26. The third-order valence-electron chi connectivity index (χ3n) is 6.54. The summed E-state index contributed by atoms with van der Waals surface area (Å²) < 4.78 is 0. The van der Waals surface area contributed by atoms with Crippen LogP contribution in [0.25, 0.3) is 23.1 Å². The van der Waals surface area contributed by atoms with Crippen LogP contribution in [0.15, 0.2) is 53.9 Å². The minimum absolute atomic E-state index is 0.00727. The number of likely N-dealkylation sites (N-methyl/N-ethyl adjacent to an activating group) is 1. The molecule has 1 aliphatic rings. The molecule has 2 N–H and O–H groups in total. The molecule has 0 bridgehead atoms. The fourth-order valence-corrected chi connectivity index (χ4v) is 5.10. The van der Waals surface area contributed by atoms with Gasteiger partial charge in [-0.25, -0.2) is 0 Å². The molecule has 7 heteroatoms. The van der Waals surface area contributed by atoms with Gasteiger partial charge in [-0.2, -0.15) is 5.10 Å². The average Bonchev–Trinajstić information content (AvgIpc) is 3.50. The van der Waals surface area contributed by atoms with Gasteiger partial charge in [0.25, 0.3) is 0 Å². The molecule has 0 unspecified atom stereocenters. The van der Waals surface area contributed by atoms with E-state index in [0.717, 1.165) is 71.0 Å². The molecule has 6 nitrogen and oxygen atoms in total. The van der Waals surface area contributed by atoms with Crippen LogP contribution in [0.2, 0.25) is 0 Å². The fourth-order valence-electron chi connectivity index (χ4n) is 4.39. The highest BCUT2D eigenvalue weighted by Crippen LogP contribution is 2.26. The Bertz CT molecular complexity index is 1320. The summed E-state index contributed by atoms with van der Waals surface area (Å²) in [7, 11) is 2.19. The summed E-state index contributed by atoms with van der Waals surface area (Å²) in [4.78, 5) is 18.5. The maximum Gasteiger partial charge on any atom is 0.229 e. The normalized spacial score (nSPS) is 15.3. The minimum atomic E-state index is -0.00727. The molecule has 2 aromatic heterocycles. The van der Waals surface area contributed by atoms with Gasteiger partial charge in [-0.3, -0.25) is 14.8 Å². The van der Waals surface area contributed by atoms with E-state index < -0.39 is 0 Å². The number of nitrogens with zero attached hydrogens (tertiary/aromatic N) is 3. The van der Waals surface area contributed by atoms with Crippen LogP contribution in [0.5, 0.6) is 0 Å². The number of piperazine rings is 1. The molecule has 4 aromatic rings. The zero-order valence-corrected chi connectivity index (χ0v) is 21.1. The summed E-state index contributed by atoms with van der Waals surface area (Å²) in [6, 6.07) is 16.8. The predicted molar refractivity (Wildman–Crippen MR) is 146 cm³/mol. The highest BCUT2D eigenvalue weighted by molar-refractivity contribution is 7.10. The van der Waals surface area contributed by atoms with Gasteiger partial charge in [0, 0.05) is 48.7 Å². The molecule has 1 saturated heterocycles. The van der Waals surface area contributed by atoms with Crippen LogP contribution < -0.4 is 5.32 Å². The van der Waals surface area contributed by atoms with E-state index in [-0.39, 0.29) is 5.91 Å². The molecule has 2 aromatic carbocycles. The molecule has 1 aliphatic heterocycles. The second-order valence-electron chi connectivity index (χ2n) is 9.28. The molecular weight excluding hydrogens is 454 g/mol. The Hall–Kier alpha value is -3.26. The van der Waals surface area contributed by atoms with Crippen LogP contribution in [0.4, 0.5) is 5.69 Å². The number of aromatic nitrogens is 2. The number of benzene rings is 2. The van der Waals surface area contributed by atoms with E-state index in [0.29, 0.717) is 6.42 Å². The monoisotopic (exact) mass is 485 g/mol. The number of thiophene rings is 1. The number of anilines is 1. The van der Waals surface area contributed by atoms with E-state index in [2.05, 4.69) is 62.7 Å². The lowest BCUT2D eigenvalue weighted by Gasteiger charge is -2.32. The van der Waals surface area contributed by atoms with Crippen molar-refractivity contribution in [3.8, 4) is 0 Å². The van der Waals surface area contributed by atoms with Gasteiger partial charge in [0.05, 0.1) is 17.6 Å². The zero-order valence-electron chi connectivity index (χ0n) is 20.3. The molecule has 3 heterocycles. The van der Waals surface area contributed by atoms with Crippen LogP contribution in [0.3, 0.4) is 0 Å². The van der Waals surface area contributed by atoms with Gasteiger partial charge in [-0.1, -0.05) is 36.4 Å². The largest absolute Gasteiger partial charge is 0.326 e. The molecule has 1 amide bonds. The van der Waals surface area contributed by atoms with Crippen LogP contribution in [0.1, 0.15) is 27.3 Å². The van der Waals surface area contributed by atoms with Gasteiger partial charge in [0.15, 0.2) is 0 Å². The number of H-pyrrole nitrogens is 1. The molecule has 1 fully saturated rings. The van der Waals surface area contributed by atoms with Crippen LogP contribution >= 0.6 is 11.3 Å². The predicted octanol–water partition coefficient (Wildman–Crippen LogP) is 5.03. The van der Waals surface area contributed by atoms with Crippen molar-refractivity contribution in [3.63, 3.8) is 0 Å². The first-order valence-corrected chi connectivity index (χ1v) is 12.9. The van der Waals surface area contributed by atoms with Gasteiger partial charge >= 0.3 is 0 Å². The first kappa shape index (κ1) is 23.5. The molecule has 0 radical (unpaired) electrons. The van der Waals surface area contributed by atoms with Gasteiger partial charge < -0.3 is 10.2 Å². The van der Waals surface area contributed by atoms with Gasteiger partial charge in [-0.05, 0) is 60.3 Å². The lowest BCUT2D eigenvalue weighted by atomic mass is 10.1. The standard InChI is InChI=1S/C28H31N5OS/c1-20-16-27-24(18-26(20)29-28(34)17-23-4-3-15-35-23)25(30-31-27)10-9-21-5-7-22(8-6-21)19-33-13-11-32(2)12-14-33/h3-10,15-16,18H,11-14,17,19H2,1-2H3,(H,29,34)(H,30,31)/b10-9+. The van der Waals surface area contributed by atoms with E-state index in [1.165, 1.54) is 5.56 Å². The Morgan fingerprint density at radius 1 is 1.11 bits per heavy atom. The number of carbonyl (C=O) groups excluding carboxylic acids is 1. The summed E-state index contributed by atoms with van der Waals surface area (Å²) in [6.07, 6.45) is 4.50. The molecular formula is C28H31N5OS. The van der Waals surface area contributed by atoms with E-state index in [4.69, 9.17) is 0 Å². The van der Waals surface area contributed by atoms with Crippen molar-refractivity contribution in [3.05, 3.63) is 81.2 Å². The first-order chi connectivity index (χ1) is 17.0. The number of aryl methyl sites for hydroxylation is 1. The third-order valence-corrected chi connectivity index (χ3v) is 7.42. The highest BCUT2D eigenvalue weighted by Gasteiger charge is 2.14. The number of hydrogen-bond acceptors (Lipinski definition) is 5. The van der Waals surface area contributed by atoms with E-state index >= 15 is 0 Å². The minimum Gasteiger partial charge on any atom is -0.326 e. The maximum atomic E-state index is 12.5. The average molecular weight is 486 g/mol. The summed E-state index contributed by atoms with van der Waals surface area (Å²) >= 11 is 1.60. The first-order valence-electron chi connectivity index (χ1n) is 12.0. The van der Waals surface area contributed by atoms with Crippen LogP contribution in [0, 0.1) is 6.92 Å². The molecule has 0 saturated carbocycles. The van der Waals surface area contributed by atoms with Crippen LogP contribution in [-0.4, -0.2) is 59.1 Å². The number of hydrogen-bond donors (Lipinski definition) is 2. The number of carbonyl (C=O) groups is 1. The summed E-state index contributed by atoms with van der Waals surface area (Å²) in [5, 5.41) is 13.7. The molecule has 0 atom stereocenters. The Morgan fingerprint density at radius 3 is 2.66 bits per heavy atom. The molecule has 180 valence electrons. The number of aromatic amines is 1. The number of rotatable bonds is 7. The molecule has 35 heavy (non-hydrogen) atoms. The highest BCUT2D eigenvalue weighted by atomic mass is 32.1. The van der Waals surface area contributed by atoms with Gasteiger partial charge in [0.1, 0.15) is 0 Å². The van der Waals surface area contributed by atoms with Crippen molar-refractivity contribution < 1.29 is 4.79 Å². The van der Waals surface area contributed by atoms with Crippen molar-refractivity contribution in [2.24, 2.45) is 0 Å². The van der Waals surface area contributed by atoms with Crippen molar-refractivity contribution in [2.75, 3.05) is 38.5 Å². The summed E-state index contributed by atoms with van der Waals surface area (Å²) in [5.74, 6) is -0.00727. The second kappa shape index (κ2) is 10.6. The molecule has 0 aliphatic carbocycles. The number of fused-ring (bicyclic) bond motifs is 1. The number of nitrogens with one attached hydrogen (secondary N) is 2. The Kier molecular flexibility index (Phi) is 7.08. The van der Waals surface area contributed by atoms with Crippen molar-refractivity contribution in [2.45, 2.75) is 19.9 Å². The molecule has 0 spiro atoms. The third kappa shape index (κ3) is 5.88. The van der Waals surface area contributed by atoms with E-state index in [9.17, 15) is 4.79 Å². The Morgan fingerprint density at radius 2 is 1.91 bits per heavy atom. The molecule has 5 rings (SSSR count). The lowest BCUT2D eigenvalue weighted by molar-refractivity contribution is -0.115. The SMILES string of the molecule is Cc1cc2[nH]nc(/C=C/c3ccc(CN4CCN(C)CC4)cc3)c2cc1NC(=O)Cc1cccs1. The lowest BCUT2D eigenvalue weighted by Crippen LogP contribution is -2.43. The van der Waals surface area contributed by atoms with E-state index in [1.54, 1.807) is 11.3 Å². The summed E-state index contributed by atoms with van der Waals surface area (Å²) in [5.41, 5.74) is 6.13. The quantitative estimate of drug-likeness (QED) is 0.385.